The van der Waals surface area contributed by atoms with Crippen molar-refractivity contribution in [1.82, 2.24) is 0 Å². The fourth-order valence-electron chi connectivity index (χ4n) is 2.33. The highest BCUT2D eigenvalue weighted by molar-refractivity contribution is 6.05. The van der Waals surface area contributed by atoms with E-state index in [0.717, 1.165) is 6.42 Å². The predicted molar refractivity (Wildman–Crippen MR) is 79.2 cm³/mol. The van der Waals surface area contributed by atoms with Crippen molar-refractivity contribution >= 4 is 23.3 Å². The van der Waals surface area contributed by atoms with Crippen molar-refractivity contribution in [3.8, 4) is 5.75 Å². The molecule has 0 aromatic heterocycles. The molecule has 1 unspecified atom stereocenters. The van der Waals surface area contributed by atoms with Crippen LogP contribution in [0.25, 0.3) is 0 Å². The summed E-state index contributed by atoms with van der Waals surface area (Å²) < 4.78 is 10.6. The van der Waals surface area contributed by atoms with Gasteiger partial charge in [0.1, 0.15) is 17.5 Å². The molecule has 6 nitrogen and oxygen atoms in total. The molecular weight excluding hydrogens is 272 g/mol. The largest absolute Gasteiger partial charge is 0.481 e. The third-order valence-electron chi connectivity index (χ3n) is 3.31. The molecule has 0 spiro atoms. The number of nitrogen functional groups attached to an aromatic ring is 1. The summed E-state index contributed by atoms with van der Waals surface area (Å²) in [7, 11) is 0. The molecule has 0 saturated heterocycles. The van der Waals surface area contributed by atoms with E-state index in [1.807, 2.05) is 13.8 Å². The van der Waals surface area contributed by atoms with E-state index in [-0.39, 0.29) is 12.5 Å². The van der Waals surface area contributed by atoms with Crippen molar-refractivity contribution in [2.75, 3.05) is 23.8 Å². The standard InChI is InChI=1S/C15H20N2O4/c1-3-8-20-15(19)11(4-2)17-13(18)9-21-12-7-5-6-10(16)14(12)17/h5-7,11H,3-4,8-9,16H2,1-2H3. The van der Waals surface area contributed by atoms with Gasteiger partial charge in [0, 0.05) is 0 Å². The molecule has 1 heterocycles. The van der Waals surface area contributed by atoms with Gasteiger partial charge < -0.3 is 15.2 Å². The van der Waals surface area contributed by atoms with Crippen LogP contribution < -0.4 is 15.4 Å². The Labute approximate surface area is 123 Å². The van der Waals surface area contributed by atoms with E-state index in [1.165, 1.54) is 4.90 Å². The van der Waals surface area contributed by atoms with Crippen LogP contribution in [0.15, 0.2) is 18.2 Å². The average molecular weight is 292 g/mol. The summed E-state index contributed by atoms with van der Waals surface area (Å²) in [5, 5.41) is 0. The quantitative estimate of drug-likeness (QED) is 0.660. The first-order valence-electron chi connectivity index (χ1n) is 7.10. The number of para-hydroxylation sites is 1. The van der Waals surface area contributed by atoms with Gasteiger partial charge in [0.05, 0.1) is 12.3 Å². The smallest absolute Gasteiger partial charge is 0.329 e. The summed E-state index contributed by atoms with van der Waals surface area (Å²) in [6, 6.07) is 4.47. The first-order chi connectivity index (χ1) is 10.1. The van der Waals surface area contributed by atoms with Gasteiger partial charge >= 0.3 is 5.97 Å². The molecule has 2 N–H and O–H groups in total. The predicted octanol–water partition coefficient (Wildman–Crippen LogP) is 1.73. The van der Waals surface area contributed by atoms with Gasteiger partial charge in [0.15, 0.2) is 6.61 Å². The first kappa shape index (κ1) is 15.2. The lowest BCUT2D eigenvalue weighted by molar-refractivity contribution is -0.146. The number of fused-ring (bicyclic) bond motifs is 1. The molecule has 2 rings (SSSR count). The van der Waals surface area contributed by atoms with E-state index in [4.69, 9.17) is 15.2 Å². The summed E-state index contributed by atoms with van der Waals surface area (Å²) in [6.45, 7) is 3.99. The summed E-state index contributed by atoms with van der Waals surface area (Å²) in [4.78, 5) is 25.8. The number of carbonyl (C=O) groups is 2. The van der Waals surface area contributed by atoms with Gasteiger partial charge in [0.25, 0.3) is 5.91 Å². The molecule has 1 aliphatic heterocycles. The topological polar surface area (TPSA) is 81.9 Å². The molecule has 1 aliphatic rings. The number of rotatable bonds is 5. The van der Waals surface area contributed by atoms with E-state index in [2.05, 4.69) is 0 Å². The van der Waals surface area contributed by atoms with Crippen molar-refractivity contribution < 1.29 is 19.1 Å². The van der Waals surface area contributed by atoms with E-state index < -0.39 is 12.0 Å². The molecule has 1 aromatic rings. The molecule has 0 aliphatic carbocycles. The lowest BCUT2D eigenvalue weighted by Gasteiger charge is -2.34. The molecule has 114 valence electrons. The second kappa shape index (κ2) is 6.47. The molecule has 21 heavy (non-hydrogen) atoms. The Bertz CT molecular complexity index is 544. The van der Waals surface area contributed by atoms with Gasteiger partial charge in [-0.15, -0.1) is 0 Å². The molecule has 1 aromatic carbocycles. The zero-order valence-corrected chi connectivity index (χ0v) is 12.3. The van der Waals surface area contributed by atoms with E-state index >= 15 is 0 Å². The lowest BCUT2D eigenvalue weighted by atomic mass is 10.1. The summed E-state index contributed by atoms with van der Waals surface area (Å²) in [6.07, 6.45) is 1.18. The molecule has 6 heteroatoms. The van der Waals surface area contributed by atoms with Crippen LogP contribution in [0.1, 0.15) is 26.7 Å². The lowest BCUT2D eigenvalue weighted by Crippen LogP contribution is -2.50. The number of nitrogens with two attached hydrogens (primary N) is 1. The SMILES string of the molecule is CCCOC(=O)C(CC)N1C(=O)COc2cccc(N)c21. The van der Waals surface area contributed by atoms with Crippen molar-refractivity contribution in [3.05, 3.63) is 18.2 Å². The third kappa shape index (κ3) is 2.94. The number of esters is 1. The summed E-state index contributed by atoms with van der Waals surface area (Å²) >= 11 is 0. The fraction of sp³-hybridized carbons (Fsp3) is 0.467. The second-order valence-electron chi connectivity index (χ2n) is 4.84. The van der Waals surface area contributed by atoms with Crippen LogP contribution in [0.4, 0.5) is 11.4 Å². The zero-order valence-electron chi connectivity index (χ0n) is 12.3. The normalized spacial score (nSPS) is 15.1. The minimum absolute atomic E-state index is 0.103. The fourth-order valence-corrected chi connectivity index (χ4v) is 2.33. The van der Waals surface area contributed by atoms with Crippen molar-refractivity contribution in [2.24, 2.45) is 0 Å². The van der Waals surface area contributed by atoms with Crippen LogP contribution in [0.3, 0.4) is 0 Å². The van der Waals surface area contributed by atoms with Crippen molar-refractivity contribution in [2.45, 2.75) is 32.7 Å². The maximum atomic E-state index is 12.2. The van der Waals surface area contributed by atoms with Crippen LogP contribution in [0, 0.1) is 0 Å². The molecular formula is C15H20N2O4. The number of ether oxygens (including phenoxy) is 2. The van der Waals surface area contributed by atoms with E-state index in [1.54, 1.807) is 18.2 Å². The van der Waals surface area contributed by atoms with Gasteiger partial charge in [-0.05, 0) is 25.0 Å². The van der Waals surface area contributed by atoms with E-state index in [9.17, 15) is 9.59 Å². The van der Waals surface area contributed by atoms with E-state index in [0.29, 0.717) is 30.2 Å². The Kier molecular flexibility index (Phi) is 4.67. The summed E-state index contributed by atoms with van der Waals surface area (Å²) in [5.41, 5.74) is 6.82. The number of nitrogens with zero attached hydrogens (tertiary/aromatic N) is 1. The highest BCUT2D eigenvalue weighted by Gasteiger charge is 2.36. The Morgan fingerprint density at radius 2 is 2.24 bits per heavy atom. The molecule has 0 bridgehead atoms. The summed E-state index contributed by atoms with van der Waals surface area (Å²) in [5.74, 6) is -0.194. The highest BCUT2D eigenvalue weighted by atomic mass is 16.5. The van der Waals surface area contributed by atoms with Crippen LogP contribution >= 0.6 is 0 Å². The number of hydrogen-bond donors (Lipinski definition) is 1. The number of anilines is 2. The minimum atomic E-state index is -0.684. The number of amides is 1. The highest BCUT2D eigenvalue weighted by Crippen LogP contribution is 2.38. The maximum absolute atomic E-state index is 12.2. The van der Waals surface area contributed by atoms with Gasteiger partial charge in [0.2, 0.25) is 0 Å². The van der Waals surface area contributed by atoms with Crippen molar-refractivity contribution in [1.29, 1.82) is 0 Å². The van der Waals surface area contributed by atoms with Gasteiger partial charge in [-0.1, -0.05) is 19.9 Å². The number of benzene rings is 1. The first-order valence-corrected chi connectivity index (χ1v) is 7.10. The second-order valence-corrected chi connectivity index (χ2v) is 4.84. The number of hydrogen-bond acceptors (Lipinski definition) is 5. The van der Waals surface area contributed by atoms with Crippen LogP contribution in [0.2, 0.25) is 0 Å². The third-order valence-corrected chi connectivity index (χ3v) is 3.31. The average Bonchev–Trinajstić information content (AvgIpc) is 2.48. The Balaban J connectivity index is 2.37. The van der Waals surface area contributed by atoms with Crippen LogP contribution in [-0.4, -0.2) is 31.1 Å². The van der Waals surface area contributed by atoms with Gasteiger partial charge in [-0.2, -0.15) is 0 Å². The molecule has 0 saturated carbocycles. The Morgan fingerprint density at radius 1 is 1.48 bits per heavy atom. The number of carbonyl (C=O) groups excluding carboxylic acids is 2. The van der Waals surface area contributed by atoms with Gasteiger partial charge in [-0.25, -0.2) is 4.79 Å². The zero-order chi connectivity index (χ0) is 15.4. The molecule has 1 atom stereocenters. The maximum Gasteiger partial charge on any atom is 0.329 e. The monoisotopic (exact) mass is 292 g/mol. The Morgan fingerprint density at radius 3 is 2.90 bits per heavy atom. The minimum Gasteiger partial charge on any atom is -0.481 e. The Hall–Kier alpha value is -2.24. The molecule has 1 amide bonds. The molecule has 0 radical (unpaired) electrons. The van der Waals surface area contributed by atoms with Crippen molar-refractivity contribution in [3.63, 3.8) is 0 Å². The van der Waals surface area contributed by atoms with Crippen LogP contribution in [0.5, 0.6) is 5.75 Å². The van der Waals surface area contributed by atoms with Crippen LogP contribution in [-0.2, 0) is 14.3 Å². The molecule has 0 fully saturated rings. The van der Waals surface area contributed by atoms with Gasteiger partial charge in [-0.3, -0.25) is 9.69 Å².